The molecule has 0 saturated carbocycles. The number of likely N-dealkylation sites (tertiary alicyclic amines) is 1. The zero-order valence-electron chi connectivity index (χ0n) is 10.9. The summed E-state index contributed by atoms with van der Waals surface area (Å²) < 4.78 is 5.26. The highest BCUT2D eigenvalue weighted by atomic mass is 16.5. The summed E-state index contributed by atoms with van der Waals surface area (Å²) in [5.74, 6) is 0.148. The lowest BCUT2D eigenvalue weighted by molar-refractivity contribution is -0.182. The molecule has 4 heteroatoms. The van der Waals surface area contributed by atoms with E-state index in [1.807, 2.05) is 20.8 Å². The Kier molecular flexibility index (Phi) is 3.65. The first-order valence-electron chi connectivity index (χ1n) is 5.86. The Morgan fingerprint density at radius 3 is 2.38 bits per heavy atom. The van der Waals surface area contributed by atoms with Crippen LogP contribution < -0.4 is 0 Å². The van der Waals surface area contributed by atoms with Crippen molar-refractivity contribution >= 4 is 5.91 Å². The van der Waals surface area contributed by atoms with E-state index in [0.29, 0.717) is 19.5 Å². The highest BCUT2D eigenvalue weighted by Gasteiger charge is 2.49. The number of β-amino-alcohol motifs (C(OH)–C–C–N with tert-alkyl or cyclic N) is 1. The number of aliphatic hydroxyl groups is 1. The van der Waals surface area contributed by atoms with Gasteiger partial charge in [0.15, 0.2) is 0 Å². The van der Waals surface area contributed by atoms with Gasteiger partial charge in [-0.25, -0.2) is 0 Å². The smallest absolute Gasteiger partial charge is 0.254 e. The zero-order chi connectivity index (χ0) is 12.6. The van der Waals surface area contributed by atoms with Crippen molar-refractivity contribution < 1.29 is 14.6 Å². The van der Waals surface area contributed by atoms with E-state index >= 15 is 0 Å². The molecule has 1 unspecified atom stereocenters. The minimum absolute atomic E-state index is 0.0252. The van der Waals surface area contributed by atoms with Crippen molar-refractivity contribution in [1.29, 1.82) is 0 Å². The number of hydrogen-bond acceptors (Lipinski definition) is 3. The standard InChI is InChI=1S/C12H23NO3/c1-6-11(4,16-5)10(14)13-7-12(15,8-13)9(2)3/h9,15H,6-8H2,1-5H3. The molecule has 1 aliphatic rings. The van der Waals surface area contributed by atoms with Crippen molar-refractivity contribution in [2.45, 2.75) is 45.3 Å². The number of carbonyl (C=O) groups is 1. The Morgan fingerprint density at radius 1 is 1.56 bits per heavy atom. The molecule has 1 aliphatic heterocycles. The molecule has 1 fully saturated rings. The van der Waals surface area contributed by atoms with E-state index in [2.05, 4.69) is 0 Å². The first-order chi connectivity index (χ1) is 7.29. The van der Waals surface area contributed by atoms with Gasteiger partial charge in [0.25, 0.3) is 5.91 Å². The fourth-order valence-electron chi connectivity index (χ4n) is 1.84. The molecule has 16 heavy (non-hydrogen) atoms. The number of hydrogen-bond donors (Lipinski definition) is 1. The van der Waals surface area contributed by atoms with Crippen molar-refractivity contribution in [1.82, 2.24) is 4.90 Å². The van der Waals surface area contributed by atoms with E-state index in [-0.39, 0.29) is 11.8 Å². The van der Waals surface area contributed by atoms with Gasteiger partial charge in [-0.15, -0.1) is 0 Å². The Balaban J connectivity index is 2.61. The minimum Gasteiger partial charge on any atom is -0.386 e. The van der Waals surface area contributed by atoms with Crippen molar-refractivity contribution in [2.75, 3.05) is 20.2 Å². The summed E-state index contributed by atoms with van der Waals surface area (Å²) in [5.41, 5.74) is -1.46. The molecular weight excluding hydrogens is 206 g/mol. The predicted octanol–water partition coefficient (Wildman–Crippen LogP) is 1.03. The minimum atomic E-state index is -0.752. The van der Waals surface area contributed by atoms with Crippen molar-refractivity contribution in [2.24, 2.45) is 5.92 Å². The lowest BCUT2D eigenvalue weighted by Gasteiger charge is -2.51. The molecular formula is C12H23NO3. The van der Waals surface area contributed by atoms with Crippen LogP contribution >= 0.6 is 0 Å². The van der Waals surface area contributed by atoms with Gasteiger partial charge in [0, 0.05) is 7.11 Å². The maximum Gasteiger partial charge on any atom is 0.254 e. The van der Waals surface area contributed by atoms with Crippen LogP contribution in [-0.4, -0.2) is 47.3 Å². The van der Waals surface area contributed by atoms with Gasteiger partial charge in [-0.3, -0.25) is 4.79 Å². The van der Waals surface area contributed by atoms with Crippen LogP contribution in [0.4, 0.5) is 0 Å². The summed E-state index contributed by atoms with van der Waals surface area (Å²) in [5, 5.41) is 10.1. The van der Waals surface area contributed by atoms with Gasteiger partial charge in [-0.1, -0.05) is 20.8 Å². The molecule has 0 spiro atoms. The van der Waals surface area contributed by atoms with Crippen molar-refractivity contribution in [3.63, 3.8) is 0 Å². The number of methoxy groups -OCH3 is 1. The quantitative estimate of drug-likeness (QED) is 0.783. The van der Waals surface area contributed by atoms with Gasteiger partial charge in [0.05, 0.1) is 13.1 Å². The highest BCUT2D eigenvalue weighted by molar-refractivity contribution is 5.85. The molecule has 94 valence electrons. The fourth-order valence-corrected chi connectivity index (χ4v) is 1.84. The summed E-state index contributed by atoms with van der Waals surface area (Å²) in [6.45, 7) is 8.50. The Labute approximate surface area is 97.6 Å². The number of ether oxygens (including phenoxy) is 1. The maximum atomic E-state index is 12.1. The van der Waals surface area contributed by atoms with Crippen LogP contribution in [0.2, 0.25) is 0 Å². The first-order valence-corrected chi connectivity index (χ1v) is 5.86. The van der Waals surface area contributed by atoms with Crippen LogP contribution in [0.1, 0.15) is 34.1 Å². The SMILES string of the molecule is CCC(C)(OC)C(=O)N1CC(O)(C(C)C)C1. The number of carbonyl (C=O) groups excluding carboxylic acids is 1. The van der Waals surface area contributed by atoms with Gasteiger partial charge in [-0.2, -0.15) is 0 Å². The molecule has 0 aromatic carbocycles. The Morgan fingerprint density at radius 2 is 2.06 bits per heavy atom. The third-order valence-corrected chi connectivity index (χ3v) is 3.87. The van der Waals surface area contributed by atoms with Crippen LogP contribution in [0.5, 0.6) is 0 Å². The molecule has 0 aromatic rings. The van der Waals surface area contributed by atoms with Crippen molar-refractivity contribution in [3.8, 4) is 0 Å². The van der Waals surface area contributed by atoms with Crippen LogP contribution in [0.15, 0.2) is 0 Å². The van der Waals surface area contributed by atoms with Crippen molar-refractivity contribution in [3.05, 3.63) is 0 Å². The fraction of sp³-hybridized carbons (Fsp3) is 0.917. The van der Waals surface area contributed by atoms with Crippen LogP contribution in [0, 0.1) is 5.92 Å². The molecule has 1 atom stereocenters. The third-order valence-electron chi connectivity index (χ3n) is 3.87. The molecule has 1 rings (SSSR count). The third kappa shape index (κ3) is 2.09. The van der Waals surface area contributed by atoms with E-state index in [4.69, 9.17) is 4.74 Å². The second-order valence-corrected chi connectivity index (χ2v) is 5.21. The normalized spacial score (nSPS) is 22.8. The first kappa shape index (κ1) is 13.5. The molecule has 0 aliphatic carbocycles. The average molecular weight is 229 g/mol. The molecule has 1 heterocycles. The summed E-state index contributed by atoms with van der Waals surface area (Å²) in [6, 6.07) is 0. The predicted molar refractivity (Wildman–Crippen MR) is 62.1 cm³/mol. The lowest BCUT2D eigenvalue weighted by atomic mass is 9.82. The van der Waals surface area contributed by atoms with E-state index in [1.165, 1.54) is 0 Å². The monoisotopic (exact) mass is 229 g/mol. The summed E-state index contributed by atoms with van der Waals surface area (Å²) >= 11 is 0. The van der Waals surface area contributed by atoms with Gasteiger partial charge < -0.3 is 14.7 Å². The van der Waals surface area contributed by atoms with Gasteiger partial charge in [0.2, 0.25) is 0 Å². The maximum absolute atomic E-state index is 12.1. The number of nitrogens with zero attached hydrogens (tertiary/aromatic N) is 1. The van der Waals surface area contributed by atoms with E-state index in [9.17, 15) is 9.90 Å². The molecule has 4 nitrogen and oxygen atoms in total. The van der Waals surface area contributed by atoms with E-state index in [1.54, 1.807) is 18.9 Å². The molecule has 1 saturated heterocycles. The van der Waals surface area contributed by atoms with Crippen LogP contribution in [0.25, 0.3) is 0 Å². The molecule has 1 N–H and O–H groups in total. The molecule has 1 amide bonds. The summed E-state index contributed by atoms with van der Waals surface area (Å²) in [6.07, 6.45) is 0.638. The molecule has 0 radical (unpaired) electrons. The van der Waals surface area contributed by atoms with Crippen LogP contribution in [0.3, 0.4) is 0 Å². The zero-order valence-corrected chi connectivity index (χ0v) is 10.9. The average Bonchev–Trinajstić information content (AvgIpc) is 2.22. The summed E-state index contributed by atoms with van der Waals surface area (Å²) in [4.78, 5) is 13.8. The largest absolute Gasteiger partial charge is 0.386 e. The van der Waals surface area contributed by atoms with Gasteiger partial charge >= 0.3 is 0 Å². The topological polar surface area (TPSA) is 49.8 Å². The number of amides is 1. The lowest BCUT2D eigenvalue weighted by Crippen LogP contribution is -2.68. The van der Waals surface area contributed by atoms with Crippen LogP contribution in [-0.2, 0) is 9.53 Å². The Bertz CT molecular complexity index is 265. The van der Waals surface area contributed by atoms with Gasteiger partial charge in [-0.05, 0) is 19.3 Å². The molecule has 0 bridgehead atoms. The number of rotatable bonds is 4. The summed E-state index contributed by atoms with van der Waals surface area (Å²) in [7, 11) is 1.55. The second-order valence-electron chi connectivity index (χ2n) is 5.21. The Hall–Kier alpha value is -0.610. The van der Waals surface area contributed by atoms with Gasteiger partial charge in [0.1, 0.15) is 11.2 Å². The highest BCUT2D eigenvalue weighted by Crippen LogP contribution is 2.31. The van der Waals surface area contributed by atoms with E-state index < -0.39 is 11.2 Å². The van der Waals surface area contributed by atoms with E-state index in [0.717, 1.165) is 0 Å². The molecule has 0 aromatic heterocycles. The second kappa shape index (κ2) is 4.34.